The summed E-state index contributed by atoms with van der Waals surface area (Å²) in [6.45, 7) is 0. The molecule has 0 unspecified atom stereocenters. The van der Waals surface area contributed by atoms with Gasteiger partial charge in [-0.15, -0.1) is 0 Å². The van der Waals surface area contributed by atoms with Crippen LogP contribution >= 0.6 is 0 Å². The molecule has 0 radical (unpaired) electrons. The summed E-state index contributed by atoms with van der Waals surface area (Å²) in [7, 11) is 0. The van der Waals surface area contributed by atoms with E-state index in [-0.39, 0.29) is 0 Å². The van der Waals surface area contributed by atoms with Gasteiger partial charge < -0.3 is 0 Å². The van der Waals surface area contributed by atoms with Crippen molar-refractivity contribution in [2.45, 2.75) is 0 Å². The van der Waals surface area contributed by atoms with Crippen LogP contribution in [0.4, 0.5) is 0 Å². The van der Waals surface area contributed by atoms with Gasteiger partial charge in [0, 0.05) is 0 Å². The number of aromatic nitrogens is 2. The fourth-order valence-electron chi connectivity index (χ4n) is 0.374. The van der Waals surface area contributed by atoms with Crippen molar-refractivity contribution in [1.29, 1.82) is 0 Å². The molecule has 3 heteroatoms. The SMILES string of the molecule is [SnH3][c]1cnccn1. The Bertz CT molecular complexity index is 140. The van der Waals surface area contributed by atoms with Gasteiger partial charge in [0.1, 0.15) is 0 Å². The van der Waals surface area contributed by atoms with E-state index in [2.05, 4.69) is 9.97 Å². The average Bonchev–Trinajstić information content (AvgIpc) is 1.69. The summed E-state index contributed by atoms with van der Waals surface area (Å²) < 4.78 is 1.17. The molecule has 0 aliphatic carbocycles. The van der Waals surface area contributed by atoms with Gasteiger partial charge >= 0.3 is 54.8 Å². The Morgan fingerprint density at radius 3 is 2.57 bits per heavy atom. The second kappa shape index (κ2) is 2.25. The predicted octanol–water partition coefficient (Wildman–Crippen LogP) is -1.53. The van der Waals surface area contributed by atoms with Gasteiger partial charge in [0.25, 0.3) is 0 Å². The van der Waals surface area contributed by atoms with E-state index >= 15 is 0 Å². The van der Waals surface area contributed by atoms with Gasteiger partial charge in [-0.3, -0.25) is 0 Å². The van der Waals surface area contributed by atoms with Gasteiger partial charge in [0.05, 0.1) is 0 Å². The molecule has 0 aliphatic rings. The normalized spacial score (nSPS) is 9.14. The third kappa shape index (κ3) is 1.42. The first kappa shape index (κ1) is 5.02. The van der Waals surface area contributed by atoms with Crippen LogP contribution in [0.2, 0.25) is 0 Å². The van der Waals surface area contributed by atoms with Crippen molar-refractivity contribution in [2.24, 2.45) is 0 Å². The Balaban J connectivity index is 3.02. The molecule has 0 amide bonds. The van der Waals surface area contributed by atoms with Gasteiger partial charge in [-0.05, 0) is 0 Å². The zero-order chi connectivity index (χ0) is 5.11. The van der Waals surface area contributed by atoms with E-state index in [1.807, 2.05) is 6.20 Å². The average molecular weight is 201 g/mol. The molecule has 1 heterocycles. The van der Waals surface area contributed by atoms with E-state index in [0.29, 0.717) is 22.5 Å². The summed E-state index contributed by atoms with van der Waals surface area (Å²) >= 11 is 0.534. The van der Waals surface area contributed by atoms with Crippen LogP contribution in [-0.2, 0) is 0 Å². The van der Waals surface area contributed by atoms with Crippen LogP contribution in [0.15, 0.2) is 18.6 Å². The van der Waals surface area contributed by atoms with Gasteiger partial charge in [-0.25, -0.2) is 0 Å². The maximum atomic E-state index is 4.01. The molecular weight excluding hydrogens is 195 g/mol. The molecule has 0 saturated heterocycles. The van der Waals surface area contributed by atoms with Crippen molar-refractivity contribution >= 4 is 26.2 Å². The molecule has 0 fully saturated rings. The van der Waals surface area contributed by atoms with Crippen LogP contribution < -0.4 is 3.71 Å². The van der Waals surface area contributed by atoms with Gasteiger partial charge in [-0.2, -0.15) is 0 Å². The molecule has 0 aromatic carbocycles. The Labute approximate surface area is 55.1 Å². The molecule has 0 atom stereocenters. The molecule has 36 valence electrons. The summed E-state index contributed by atoms with van der Waals surface area (Å²) in [5.74, 6) is 0. The van der Waals surface area contributed by atoms with Crippen molar-refractivity contribution in [3.8, 4) is 0 Å². The topological polar surface area (TPSA) is 25.8 Å². The van der Waals surface area contributed by atoms with Crippen LogP contribution in [0.25, 0.3) is 0 Å². The van der Waals surface area contributed by atoms with Crippen LogP contribution in [0.5, 0.6) is 0 Å². The minimum absolute atomic E-state index is 0.534. The molecule has 1 rings (SSSR count). The molecule has 0 N–H and O–H groups in total. The van der Waals surface area contributed by atoms with Crippen molar-refractivity contribution in [3.05, 3.63) is 18.6 Å². The van der Waals surface area contributed by atoms with E-state index in [1.54, 1.807) is 12.4 Å². The number of rotatable bonds is 0. The molecule has 7 heavy (non-hydrogen) atoms. The molecule has 0 bridgehead atoms. The third-order valence-electron chi connectivity index (χ3n) is 0.692. The van der Waals surface area contributed by atoms with Crippen molar-refractivity contribution in [3.63, 3.8) is 0 Å². The summed E-state index contributed by atoms with van der Waals surface area (Å²) in [6.07, 6.45) is 5.24. The van der Waals surface area contributed by atoms with Crippen LogP contribution in [0, 0.1) is 0 Å². The number of hydrogen-bond acceptors (Lipinski definition) is 2. The first-order valence-corrected chi connectivity index (χ1v) is 4.97. The summed E-state index contributed by atoms with van der Waals surface area (Å²) in [6, 6.07) is 0. The predicted molar refractivity (Wildman–Crippen MR) is 31.6 cm³/mol. The first-order chi connectivity index (χ1) is 3.39. The van der Waals surface area contributed by atoms with E-state index in [9.17, 15) is 0 Å². The Hall–Kier alpha value is -0.121. The van der Waals surface area contributed by atoms with Crippen molar-refractivity contribution < 1.29 is 0 Å². The molecule has 2 nitrogen and oxygen atoms in total. The van der Waals surface area contributed by atoms with Gasteiger partial charge in [-0.1, -0.05) is 0 Å². The molecule has 0 spiro atoms. The molecular formula is C4H6N2Sn. The Kier molecular flexibility index (Phi) is 1.62. The Morgan fingerprint density at radius 1 is 1.43 bits per heavy atom. The minimum atomic E-state index is 0.534. The zero-order valence-electron chi connectivity index (χ0n) is 4.13. The van der Waals surface area contributed by atoms with E-state index < -0.39 is 0 Å². The first-order valence-electron chi connectivity index (χ1n) is 2.12. The van der Waals surface area contributed by atoms with Crippen LogP contribution in [0.3, 0.4) is 0 Å². The van der Waals surface area contributed by atoms with Crippen molar-refractivity contribution in [2.75, 3.05) is 0 Å². The maximum absolute atomic E-state index is 4.01. The molecule has 0 saturated carbocycles. The van der Waals surface area contributed by atoms with Crippen LogP contribution in [0.1, 0.15) is 0 Å². The van der Waals surface area contributed by atoms with Gasteiger partial charge in [0.15, 0.2) is 0 Å². The standard InChI is InChI=1S/C4H3N2.Sn.3H/c1-2-6-4-3-5-1;;;;/h1-3H;;;;. The summed E-state index contributed by atoms with van der Waals surface area (Å²) in [5, 5.41) is 0. The molecule has 1 aromatic rings. The quantitative estimate of drug-likeness (QED) is 0.475. The third-order valence-corrected chi connectivity index (χ3v) is 2.17. The fourth-order valence-corrected chi connectivity index (χ4v) is 1.22. The zero-order valence-corrected chi connectivity index (χ0v) is 9.83. The summed E-state index contributed by atoms with van der Waals surface area (Å²) in [5.41, 5.74) is 0. The van der Waals surface area contributed by atoms with Gasteiger partial charge in [0.2, 0.25) is 0 Å². The summed E-state index contributed by atoms with van der Waals surface area (Å²) in [4.78, 5) is 7.88. The van der Waals surface area contributed by atoms with E-state index in [1.165, 1.54) is 3.71 Å². The number of hydrogen-bond donors (Lipinski definition) is 0. The monoisotopic (exact) mass is 202 g/mol. The van der Waals surface area contributed by atoms with Crippen molar-refractivity contribution in [1.82, 2.24) is 9.97 Å². The number of nitrogens with zero attached hydrogens (tertiary/aromatic N) is 2. The molecule has 1 aromatic heterocycles. The van der Waals surface area contributed by atoms with Crippen LogP contribution in [-0.4, -0.2) is 32.5 Å². The fraction of sp³-hybridized carbons (Fsp3) is 0. The second-order valence-electron chi connectivity index (χ2n) is 1.35. The molecule has 0 aliphatic heterocycles. The second-order valence-corrected chi connectivity index (χ2v) is 4.27. The van der Waals surface area contributed by atoms with E-state index in [4.69, 9.17) is 0 Å². The Morgan fingerprint density at radius 2 is 2.29 bits per heavy atom. The van der Waals surface area contributed by atoms with E-state index in [0.717, 1.165) is 0 Å².